The van der Waals surface area contributed by atoms with Crippen LogP contribution >= 0.6 is 0 Å². The van der Waals surface area contributed by atoms with Gasteiger partial charge in [-0.05, 0) is 127 Å². The molecule has 9 aromatic carbocycles. The third kappa shape index (κ3) is 10.2. The van der Waals surface area contributed by atoms with Crippen molar-refractivity contribution in [2.24, 2.45) is 0 Å². The second-order valence-electron chi connectivity index (χ2n) is 22.7. The molecule has 0 saturated heterocycles. The minimum absolute atomic E-state index is 0. The van der Waals surface area contributed by atoms with E-state index in [0.29, 0.717) is 17.1 Å². The summed E-state index contributed by atoms with van der Waals surface area (Å²) < 4.78 is 54.4. The zero-order valence-electron chi connectivity index (χ0n) is 51.4. The Labute approximate surface area is 476 Å². The van der Waals surface area contributed by atoms with Gasteiger partial charge in [-0.3, -0.25) is 15.0 Å². The van der Waals surface area contributed by atoms with Gasteiger partial charge in [0.2, 0.25) is 0 Å². The maximum atomic E-state index is 7.65. The molecule has 12 aromatic rings. The molecule has 0 fully saturated rings. The van der Waals surface area contributed by atoms with Crippen LogP contribution in [0.4, 0.5) is 0 Å². The normalized spacial score (nSPS) is 13.5. The van der Waals surface area contributed by atoms with E-state index in [1.807, 2.05) is 26.8 Å². The number of aromatic nitrogens is 4. The Morgan fingerprint density at radius 2 is 1.25 bits per heavy atom. The smallest absolute Gasteiger partial charge is 0.121 e. The first-order chi connectivity index (χ1) is 38.8. The van der Waals surface area contributed by atoms with E-state index in [9.17, 15) is 0 Å². The number of hydrogen-bond acceptors (Lipinski definition) is 4. The van der Waals surface area contributed by atoms with Gasteiger partial charge in [-0.1, -0.05) is 184 Å². The standard InChI is InChI=1S/C55H47N2O.C16H19N2.Ir/c1-33(2)45-30-40(37-21-19-35(20-22-37)36-25-27-41(28-26-36)55(5,6)7)31-46(34(3)4)52(45)57-50-18-11-10-17-49(50)56-54(57)44-16-12-15-43-48-29-39-24-23-38-13-8-9-14-42(38)47(39)32-51(48)58-53(43)44;1-11-6-8-13(9-7-11)15-17-10-12(2)14(18-15)16(3,4)5;/h8-15,17-34H,1-7H3;6-8,10H,1-5H3;/q2*-1;/i;1D3,2D3;. The average molecular weight is 1190 g/mol. The topological polar surface area (TPSA) is 56.7 Å². The van der Waals surface area contributed by atoms with Gasteiger partial charge < -0.3 is 8.98 Å². The van der Waals surface area contributed by atoms with Crippen LogP contribution in [0.25, 0.3) is 105 Å². The van der Waals surface area contributed by atoms with Gasteiger partial charge in [-0.2, -0.15) is 0 Å². The average Bonchev–Trinajstić information content (AvgIpc) is 2.23. The van der Waals surface area contributed by atoms with Crippen LogP contribution in [0.5, 0.6) is 0 Å². The molecule has 0 saturated carbocycles. The fraction of sp³-hybridized carbons (Fsp3) is 0.225. The Hall–Kier alpha value is -7.50. The van der Waals surface area contributed by atoms with Crippen molar-refractivity contribution in [1.82, 2.24) is 19.5 Å². The molecule has 0 atom stereocenters. The third-order valence-corrected chi connectivity index (χ3v) is 14.6. The minimum Gasteiger partial charge on any atom is -0.501 e. The molecule has 12 rings (SSSR count). The summed E-state index contributed by atoms with van der Waals surface area (Å²) in [6, 6.07) is 64.0. The predicted octanol–water partition coefficient (Wildman–Crippen LogP) is 19.4. The van der Waals surface area contributed by atoms with Crippen LogP contribution in [0.15, 0.2) is 174 Å². The molecule has 6 heteroatoms. The summed E-state index contributed by atoms with van der Waals surface area (Å²) in [7, 11) is 0. The van der Waals surface area contributed by atoms with Crippen molar-refractivity contribution in [3.8, 4) is 50.7 Å². The van der Waals surface area contributed by atoms with Crippen LogP contribution in [-0.4, -0.2) is 19.5 Å². The number of benzene rings is 9. The SMILES string of the molecule is CC(C)c1cc(-c2ccc(-c3ccc(C(C)(C)C)cc3)cc2)cc(C(C)C)c1-n1c(-c2[c-]ccc3c2oc2cc4c(ccc5ccccc54)cc23)nc2ccccc21.[2H]C([2H])([2H])c1c[c-]c(-c2ncc(C([2H])([2H])[2H])c(C(C)(C)C)n2)cc1.[Ir]. The maximum absolute atomic E-state index is 7.65. The molecule has 5 nitrogen and oxygen atoms in total. The summed E-state index contributed by atoms with van der Waals surface area (Å²) in [6.45, 7) is 17.2. The number of aryl methyl sites for hydroxylation is 2. The first-order valence-corrected chi connectivity index (χ1v) is 26.3. The monoisotopic (exact) mass is 1190 g/mol. The van der Waals surface area contributed by atoms with E-state index in [1.54, 1.807) is 6.07 Å². The largest absolute Gasteiger partial charge is 0.501 e. The number of hydrogen-bond donors (Lipinski definition) is 0. The van der Waals surface area contributed by atoms with Crippen molar-refractivity contribution in [2.75, 3.05) is 0 Å². The van der Waals surface area contributed by atoms with E-state index in [0.717, 1.165) is 44.4 Å². The molecule has 0 aliphatic carbocycles. The zero-order chi connectivity index (χ0) is 58.2. The van der Waals surface area contributed by atoms with Crippen molar-refractivity contribution in [3.63, 3.8) is 0 Å². The summed E-state index contributed by atoms with van der Waals surface area (Å²) in [5.41, 5.74) is 15.4. The Bertz CT molecular complexity index is 4340. The minimum atomic E-state index is -2.30. The molecule has 3 aromatic heterocycles. The molecule has 0 aliphatic rings. The third-order valence-electron chi connectivity index (χ3n) is 14.6. The number of para-hydroxylation sites is 2. The van der Waals surface area contributed by atoms with Crippen molar-refractivity contribution in [1.29, 1.82) is 0 Å². The van der Waals surface area contributed by atoms with E-state index in [-0.39, 0.29) is 48.5 Å². The van der Waals surface area contributed by atoms with Crippen molar-refractivity contribution < 1.29 is 32.7 Å². The summed E-state index contributed by atoms with van der Waals surface area (Å²) >= 11 is 0. The second-order valence-corrected chi connectivity index (χ2v) is 22.7. The van der Waals surface area contributed by atoms with E-state index in [4.69, 9.17) is 17.6 Å². The Morgan fingerprint density at radius 1 is 0.584 bits per heavy atom. The molecule has 0 spiro atoms. The number of fused-ring (bicyclic) bond motifs is 7. The molecule has 0 amide bonds. The second kappa shape index (κ2) is 20.8. The Kier molecular flexibility index (Phi) is 12.3. The quantitative estimate of drug-likeness (QED) is 0.118. The molecule has 0 aliphatic heterocycles. The van der Waals surface area contributed by atoms with Gasteiger partial charge in [-0.15, -0.1) is 53.6 Å². The van der Waals surface area contributed by atoms with Crippen LogP contribution in [0.3, 0.4) is 0 Å². The fourth-order valence-corrected chi connectivity index (χ4v) is 10.5. The van der Waals surface area contributed by atoms with Gasteiger partial charge in [-0.25, -0.2) is 0 Å². The summed E-state index contributed by atoms with van der Waals surface area (Å²) in [4.78, 5) is 14.0. The molecule has 77 heavy (non-hydrogen) atoms. The number of imidazole rings is 1. The first kappa shape index (κ1) is 45.7. The Morgan fingerprint density at radius 3 is 1.90 bits per heavy atom. The molecule has 1 radical (unpaired) electrons. The molecular weight excluding hydrogens is 1120 g/mol. The first-order valence-electron chi connectivity index (χ1n) is 29.3. The van der Waals surface area contributed by atoms with Crippen LogP contribution in [0.2, 0.25) is 0 Å². The van der Waals surface area contributed by atoms with Gasteiger partial charge >= 0.3 is 0 Å². The molecule has 387 valence electrons. The van der Waals surface area contributed by atoms with Gasteiger partial charge in [0.05, 0.1) is 28.3 Å². The zero-order valence-corrected chi connectivity index (χ0v) is 47.7. The van der Waals surface area contributed by atoms with Crippen LogP contribution in [0, 0.1) is 25.8 Å². The van der Waals surface area contributed by atoms with Gasteiger partial charge in [0.1, 0.15) is 5.58 Å². The molecule has 0 N–H and O–H groups in total. The number of furan rings is 1. The number of rotatable bonds is 7. The van der Waals surface area contributed by atoms with Crippen LogP contribution < -0.4 is 0 Å². The molecule has 0 unspecified atom stereocenters. The van der Waals surface area contributed by atoms with Crippen LogP contribution in [0.1, 0.15) is 123 Å². The molecule has 3 heterocycles. The molecule has 0 bridgehead atoms. The van der Waals surface area contributed by atoms with Gasteiger partial charge in [0.25, 0.3) is 0 Å². The van der Waals surface area contributed by atoms with Crippen molar-refractivity contribution in [3.05, 3.63) is 216 Å². The van der Waals surface area contributed by atoms with Gasteiger partial charge in [0, 0.05) is 56.7 Å². The predicted molar refractivity (Wildman–Crippen MR) is 320 cm³/mol. The van der Waals surface area contributed by atoms with Crippen molar-refractivity contribution in [2.45, 2.75) is 106 Å². The summed E-state index contributed by atoms with van der Waals surface area (Å²) in [5.74, 6) is 1.65. The maximum Gasteiger partial charge on any atom is 0.121 e. The van der Waals surface area contributed by atoms with Crippen molar-refractivity contribution >= 4 is 54.5 Å². The van der Waals surface area contributed by atoms with E-state index in [2.05, 4.69) is 215 Å². The van der Waals surface area contributed by atoms with Crippen LogP contribution in [-0.2, 0) is 30.9 Å². The molecular formula is C71H66IrN4O-2. The van der Waals surface area contributed by atoms with Gasteiger partial charge in [0.15, 0.2) is 0 Å². The summed E-state index contributed by atoms with van der Waals surface area (Å²) in [5, 5.41) is 7.00. The Balaban J connectivity index is 0.000000260. The number of nitrogens with zero attached hydrogens (tertiary/aromatic N) is 4. The fourth-order valence-electron chi connectivity index (χ4n) is 10.5. The van der Waals surface area contributed by atoms with E-state index < -0.39 is 19.1 Å². The summed E-state index contributed by atoms with van der Waals surface area (Å²) in [6.07, 6.45) is 1.32. The van der Waals surface area contributed by atoms with E-state index >= 15 is 0 Å². The van der Waals surface area contributed by atoms with E-state index in [1.165, 1.54) is 84.5 Å².